The summed E-state index contributed by atoms with van der Waals surface area (Å²) >= 11 is 9.29. The summed E-state index contributed by atoms with van der Waals surface area (Å²) in [4.78, 5) is 12.6. The monoisotopic (exact) mass is 549 g/mol. The van der Waals surface area contributed by atoms with Gasteiger partial charge in [0, 0.05) is 15.1 Å². The average molecular weight is 551 g/mol. The minimum absolute atomic E-state index is 0.0105. The van der Waals surface area contributed by atoms with Gasteiger partial charge in [0.2, 0.25) is 6.79 Å². The van der Waals surface area contributed by atoms with Gasteiger partial charge in [0.25, 0.3) is 15.9 Å². The Balaban J connectivity index is 1.53. The van der Waals surface area contributed by atoms with Gasteiger partial charge in [0.15, 0.2) is 11.5 Å². The topological polar surface area (TPSA) is 97.3 Å². The van der Waals surface area contributed by atoms with Gasteiger partial charge < -0.3 is 9.47 Å². The van der Waals surface area contributed by atoms with Crippen LogP contribution in [-0.4, -0.2) is 33.9 Å². The van der Waals surface area contributed by atoms with Crippen molar-refractivity contribution in [2.24, 2.45) is 5.10 Å². The first-order valence-corrected chi connectivity index (χ1v) is 12.2. The van der Waals surface area contributed by atoms with Gasteiger partial charge in [-0.1, -0.05) is 29.8 Å². The van der Waals surface area contributed by atoms with Crippen molar-refractivity contribution in [2.45, 2.75) is 4.90 Å². The van der Waals surface area contributed by atoms with Crippen molar-refractivity contribution in [3.8, 4) is 11.5 Å². The molecule has 0 radical (unpaired) electrons. The number of amides is 1. The predicted octanol–water partition coefficient (Wildman–Crippen LogP) is 4.18. The van der Waals surface area contributed by atoms with Crippen molar-refractivity contribution in [3.05, 3.63) is 81.8 Å². The number of hydrogen-bond donors (Lipinski definition) is 1. The van der Waals surface area contributed by atoms with E-state index < -0.39 is 22.5 Å². The molecule has 1 heterocycles. The highest BCUT2D eigenvalue weighted by Gasteiger charge is 2.27. The second-order valence-electron chi connectivity index (χ2n) is 6.82. The Labute approximate surface area is 203 Å². The summed E-state index contributed by atoms with van der Waals surface area (Å²) in [5.41, 5.74) is 3.35. The highest BCUT2D eigenvalue weighted by Crippen LogP contribution is 2.36. The SMILES string of the molecule is O=C(CN(c1ccccc1)S(=O)(=O)c1ccc(Cl)cc1)N/N=C\c1cc2c(cc1Br)OCO2. The second-order valence-corrected chi connectivity index (χ2v) is 9.97. The lowest BCUT2D eigenvalue weighted by atomic mass is 10.2. The van der Waals surface area contributed by atoms with Crippen LogP contribution >= 0.6 is 27.5 Å². The molecule has 170 valence electrons. The van der Waals surface area contributed by atoms with Crippen LogP contribution in [0.3, 0.4) is 0 Å². The fourth-order valence-electron chi connectivity index (χ4n) is 3.01. The van der Waals surface area contributed by atoms with E-state index in [1.807, 2.05) is 0 Å². The quantitative estimate of drug-likeness (QED) is 0.352. The molecule has 0 atom stereocenters. The summed E-state index contributed by atoms with van der Waals surface area (Å²) in [5, 5.41) is 4.36. The summed E-state index contributed by atoms with van der Waals surface area (Å²) in [6.45, 7) is -0.342. The summed E-state index contributed by atoms with van der Waals surface area (Å²) in [6, 6.07) is 17.5. The Kier molecular flexibility index (Phi) is 6.87. The van der Waals surface area contributed by atoms with Crippen molar-refractivity contribution in [2.75, 3.05) is 17.6 Å². The van der Waals surface area contributed by atoms with E-state index in [1.54, 1.807) is 42.5 Å². The van der Waals surface area contributed by atoms with Crippen LogP contribution in [0.2, 0.25) is 5.02 Å². The number of para-hydroxylation sites is 1. The van der Waals surface area contributed by atoms with Gasteiger partial charge in [0.1, 0.15) is 6.54 Å². The first-order chi connectivity index (χ1) is 15.8. The van der Waals surface area contributed by atoms with Crippen LogP contribution in [0.25, 0.3) is 0 Å². The number of nitrogens with zero attached hydrogens (tertiary/aromatic N) is 2. The second kappa shape index (κ2) is 9.82. The molecule has 0 aliphatic carbocycles. The van der Waals surface area contributed by atoms with Gasteiger partial charge in [-0.15, -0.1) is 0 Å². The fraction of sp³-hybridized carbons (Fsp3) is 0.0909. The molecule has 4 rings (SSSR count). The Hall–Kier alpha value is -3.08. The molecule has 0 bridgehead atoms. The van der Waals surface area contributed by atoms with Gasteiger partial charge in [-0.2, -0.15) is 5.10 Å². The number of nitrogens with one attached hydrogen (secondary N) is 1. The summed E-state index contributed by atoms with van der Waals surface area (Å²) in [5.74, 6) is 0.550. The Morgan fingerprint density at radius 3 is 2.45 bits per heavy atom. The number of sulfonamides is 1. The van der Waals surface area contributed by atoms with E-state index in [9.17, 15) is 13.2 Å². The van der Waals surface area contributed by atoms with Crippen molar-refractivity contribution >= 4 is 55.4 Å². The molecule has 1 amide bonds. The number of carbonyl (C=O) groups excluding carboxylic acids is 1. The molecular formula is C22H17BrClN3O5S. The van der Waals surface area contributed by atoms with Crippen molar-refractivity contribution < 1.29 is 22.7 Å². The van der Waals surface area contributed by atoms with Crippen LogP contribution < -0.4 is 19.2 Å². The van der Waals surface area contributed by atoms with Crippen LogP contribution in [0.15, 0.2) is 81.2 Å². The lowest BCUT2D eigenvalue weighted by molar-refractivity contribution is -0.119. The molecule has 0 fully saturated rings. The van der Waals surface area contributed by atoms with Gasteiger partial charge in [-0.05, 0) is 64.5 Å². The average Bonchev–Trinajstić information content (AvgIpc) is 3.25. The number of carbonyl (C=O) groups is 1. The zero-order chi connectivity index (χ0) is 23.4. The van der Waals surface area contributed by atoms with Crippen molar-refractivity contribution in [1.82, 2.24) is 5.43 Å². The molecule has 0 saturated carbocycles. The lowest BCUT2D eigenvalue weighted by Crippen LogP contribution is -2.39. The van der Waals surface area contributed by atoms with Gasteiger partial charge >= 0.3 is 0 Å². The molecule has 33 heavy (non-hydrogen) atoms. The minimum Gasteiger partial charge on any atom is -0.454 e. The number of benzene rings is 3. The van der Waals surface area contributed by atoms with E-state index >= 15 is 0 Å². The normalized spacial score (nSPS) is 12.7. The Bertz CT molecular complexity index is 1300. The Morgan fingerprint density at radius 2 is 1.76 bits per heavy atom. The maximum absolute atomic E-state index is 13.3. The van der Waals surface area contributed by atoms with E-state index in [-0.39, 0.29) is 11.7 Å². The molecule has 0 unspecified atom stereocenters. The molecule has 3 aromatic carbocycles. The third-order valence-corrected chi connectivity index (χ3v) is 7.34. The predicted molar refractivity (Wildman–Crippen MR) is 128 cm³/mol. The summed E-state index contributed by atoms with van der Waals surface area (Å²) < 4.78 is 38.9. The third kappa shape index (κ3) is 5.29. The first-order valence-electron chi connectivity index (χ1n) is 9.59. The fourth-order valence-corrected chi connectivity index (χ4v) is 4.99. The number of anilines is 1. The molecule has 1 aliphatic heterocycles. The van der Waals surface area contributed by atoms with E-state index in [0.29, 0.717) is 32.2 Å². The highest BCUT2D eigenvalue weighted by molar-refractivity contribution is 9.10. The van der Waals surface area contributed by atoms with Crippen molar-refractivity contribution in [3.63, 3.8) is 0 Å². The van der Waals surface area contributed by atoms with E-state index in [1.165, 1.54) is 30.5 Å². The molecule has 1 aliphatic rings. The molecular weight excluding hydrogens is 534 g/mol. The molecule has 0 spiro atoms. The number of ether oxygens (including phenoxy) is 2. The summed E-state index contributed by atoms with van der Waals surface area (Å²) in [6.07, 6.45) is 1.42. The summed E-state index contributed by atoms with van der Waals surface area (Å²) in [7, 11) is -4.03. The van der Waals surface area contributed by atoms with Gasteiger partial charge in [0.05, 0.1) is 16.8 Å². The number of rotatable bonds is 7. The largest absolute Gasteiger partial charge is 0.454 e. The maximum Gasteiger partial charge on any atom is 0.264 e. The number of hydrazone groups is 1. The van der Waals surface area contributed by atoms with Crippen LogP contribution in [-0.2, 0) is 14.8 Å². The van der Waals surface area contributed by atoms with E-state index in [0.717, 1.165) is 4.31 Å². The minimum atomic E-state index is -4.03. The number of halogens is 2. The van der Waals surface area contributed by atoms with Gasteiger partial charge in [-0.25, -0.2) is 13.8 Å². The molecule has 8 nitrogen and oxygen atoms in total. The molecule has 11 heteroatoms. The van der Waals surface area contributed by atoms with E-state index in [4.69, 9.17) is 21.1 Å². The van der Waals surface area contributed by atoms with Crippen LogP contribution in [0, 0.1) is 0 Å². The van der Waals surface area contributed by atoms with Crippen LogP contribution in [0.1, 0.15) is 5.56 Å². The lowest BCUT2D eigenvalue weighted by Gasteiger charge is -2.23. The van der Waals surface area contributed by atoms with Crippen LogP contribution in [0.4, 0.5) is 5.69 Å². The molecule has 3 aromatic rings. The van der Waals surface area contributed by atoms with Crippen LogP contribution in [0.5, 0.6) is 11.5 Å². The van der Waals surface area contributed by atoms with Crippen molar-refractivity contribution in [1.29, 1.82) is 0 Å². The smallest absolute Gasteiger partial charge is 0.264 e. The zero-order valence-corrected chi connectivity index (χ0v) is 20.1. The molecule has 0 aromatic heterocycles. The third-order valence-electron chi connectivity index (χ3n) is 4.62. The molecule has 1 N–H and O–H groups in total. The zero-order valence-electron chi connectivity index (χ0n) is 16.9. The van der Waals surface area contributed by atoms with Gasteiger partial charge in [-0.3, -0.25) is 9.10 Å². The maximum atomic E-state index is 13.3. The Morgan fingerprint density at radius 1 is 1.09 bits per heavy atom. The van der Waals surface area contributed by atoms with E-state index in [2.05, 4.69) is 26.5 Å². The first kappa shape index (κ1) is 23.1. The number of hydrogen-bond acceptors (Lipinski definition) is 6. The molecule has 0 saturated heterocycles. The highest BCUT2D eigenvalue weighted by atomic mass is 79.9. The standard InChI is InChI=1S/C22H17BrClN3O5S/c23-19-11-21-20(31-14-32-21)10-15(19)12-25-26-22(28)13-27(17-4-2-1-3-5-17)33(29,30)18-8-6-16(24)7-9-18/h1-12H,13-14H2,(H,26,28)/b25-12-. The number of fused-ring (bicyclic) bond motifs is 1.